The van der Waals surface area contributed by atoms with E-state index in [1.807, 2.05) is 0 Å². The van der Waals surface area contributed by atoms with E-state index in [4.69, 9.17) is 5.14 Å². The molecule has 1 fully saturated rings. The summed E-state index contributed by atoms with van der Waals surface area (Å²) in [6.07, 6.45) is 1.79. The van der Waals surface area contributed by atoms with E-state index in [1.165, 1.54) is 0 Å². The fourth-order valence-corrected chi connectivity index (χ4v) is 1.73. The van der Waals surface area contributed by atoms with Crippen molar-refractivity contribution in [1.82, 2.24) is 10.6 Å². The van der Waals surface area contributed by atoms with Crippen LogP contribution >= 0.6 is 0 Å². The van der Waals surface area contributed by atoms with Crippen LogP contribution in [0.3, 0.4) is 0 Å². The Morgan fingerprint density at radius 3 is 2.79 bits per heavy atom. The molecule has 1 atom stereocenters. The second-order valence-electron chi connectivity index (χ2n) is 3.31. The molecule has 0 bridgehead atoms. The highest BCUT2D eigenvalue weighted by atomic mass is 32.2. The molecule has 0 radical (unpaired) electrons. The van der Waals surface area contributed by atoms with E-state index in [-0.39, 0.29) is 24.2 Å². The SMILES string of the molecule is NS(=O)(=O)CCNC(=O)[C@H]1CCCN1. The fraction of sp³-hybridized carbons (Fsp3) is 0.857. The molecule has 0 unspecified atom stereocenters. The number of carbonyl (C=O) groups excluding carboxylic acids is 1. The molecule has 0 aliphatic carbocycles. The maximum absolute atomic E-state index is 11.3. The molecule has 4 N–H and O–H groups in total. The van der Waals surface area contributed by atoms with Crippen LogP contribution in [0.2, 0.25) is 0 Å². The normalized spacial score (nSPS) is 22.2. The lowest BCUT2D eigenvalue weighted by atomic mass is 10.2. The summed E-state index contributed by atoms with van der Waals surface area (Å²) in [5.74, 6) is -0.364. The molecule has 1 saturated heterocycles. The van der Waals surface area contributed by atoms with E-state index in [0.29, 0.717) is 0 Å². The third-order valence-corrected chi connectivity index (χ3v) is 2.84. The van der Waals surface area contributed by atoms with Gasteiger partial charge in [-0.1, -0.05) is 0 Å². The van der Waals surface area contributed by atoms with Gasteiger partial charge in [-0.25, -0.2) is 13.6 Å². The number of sulfonamides is 1. The topological polar surface area (TPSA) is 101 Å². The third kappa shape index (κ3) is 4.03. The van der Waals surface area contributed by atoms with Crippen LogP contribution in [0.15, 0.2) is 0 Å². The number of nitrogens with two attached hydrogens (primary N) is 1. The van der Waals surface area contributed by atoms with Crippen molar-refractivity contribution in [2.24, 2.45) is 5.14 Å². The molecule has 0 saturated carbocycles. The smallest absolute Gasteiger partial charge is 0.237 e. The number of hydrogen-bond donors (Lipinski definition) is 3. The maximum atomic E-state index is 11.3. The molecular weight excluding hydrogens is 206 g/mol. The van der Waals surface area contributed by atoms with Gasteiger partial charge in [0.05, 0.1) is 11.8 Å². The van der Waals surface area contributed by atoms with Gasteiger partial charge in [-0.2, -0.15) is 0 Å². The number of hydrogen-bond acceptors (Lipinski definition) is 4. The van der Waals surface area contributed by atoms with Gasteiger partial charge >= 0.3 is 0 Å². The summed E-state index contributed by atoms with van der Waals surface area (Å²) in [7, 11) is -3.48. The Bertz CT molecular complexity index is 295. The molecule has 1 heterocycles. The Morgan fingerprint density at radius 2 is 2.29 bits per heavy atom. The molecule has 6 nitrogen and oxygen atoms in total. The van der Waals surface area contributed by atoms with Crippen LogP contribution in [-0.2, 0) is 14.8 Å². The van der Waals surface area contributed by atoms with Crippen LogP contribution in [0.4, 0.5) is 0 Å². The van der Waals surface area contributed by atoms with Crippen LogP contribution in [0.25, 0.3) is 0 Å². The van der Waals surface area contributed by atoms with Gasteiger partial charge in [0.2, 0.25) is 15.9 Å². The van der Waals surface area contributed by atoms with Gasteiger partial charge in [-0.15, -0.1) is 0 Å². The number of primary sulfonamides is 1. The monoisotopic (exact) mass is 221 g/mol. The number of rotatable bonds is 4. The summed E-state index contributed by atoms with van der Waals surface area (Å²) in [6.45, 7) is 0.920. The molecule has 0 aromatic heterocycles. The molecular formula is C7H15N3O3S. The van der Waals surface area contributed by atoms with E-state index in [0.717, 1.165) is 19.4 Å². The predicted molar refractivity (Wildman–Crippen MR) is 52.0 cm³/mol. The molecule has 0 aromatic carbocycles. The highest BCUT2D eigenvalue weighted by molar-refractivity contribution is 7.89. The Morgan fingerprint density at radius 1 is 1.57 bits per heavy atom. The largest absolute Gasteiger partial charge is 0.354 e. The molecule has 1 rings (SSSR count). The number of nitrogens with one attached hydrogen (secondary N) is 2. The van der Waals surface area contributed by atoms with Crippen molar-refractivity contribution < 1.29 is 13.2 Å². The second-order valence-corrected chi connectivity index (χ2v) is 5.04. The zero-order valence-corrected chi connectivity index (χ0v) is 8.64. The summed E-state index contributed by atoms with van der Waals surface area (Å²) < 4.78 is 21.1. The van der Waals surface area contributed by atoms with Crippen molar-refractivity contribution in [3.63, 3.8) is 0 Å². The summed E-state index contributed by atoms with van der Waals surface area (Å²) in [6, 6.07) is -0.171. The molecule has 1 aliphatic rings. The predicted octanol–water partition coefficient (Wildman–Crippen LogP) is -1.86. The molecule has 0 spiro atoms. The van der Waals surface area contributed by atoms with E-state index >= 15 is 0 Å². The Kier molecular flexibility index (Phi) is 3.85. The number of carbonyl (C=O) groups is 1. The second kappa shape index (κ2) is 4.72. The van der Waals surface area contributed by atoms with Crippen LogP contribution in [0, 0.1) is 0 Å². The van der Waals surface area contributed by atoms with Crippen molar-refractivity contribution in [3.8, 4) is 0 Å². The van der Waals surface area contributed by atoms with Crippen molar-refractivity contribution in [2.75, 3.05) is 18.8 Å². The van der Waals surface area contributed by atoms with Gasteiger partial charge in [0, 0.05) is 6.54 Å². The Hall–Kier alpha value is -0.660. The Balaban J connectivity index is 2.21. The molecule has 1 amide bonds. The van der Waals surface area contributed by atoms with Crippen LogP contribution < -0.4 is 15.8 Å². The van der Waals surface area contributed by atoms with Crippen molar-refractivity contribution in [1.29, 1.82) is 0 Å². The van der Waals surface area contributed by atoms with Gasteiger partial charge in [-0.3, -0.25) is 4.79 Å². The zero-order valence-electron chi connectivity index (χ0n) is 7.82. The van der Waals surface area contributed by atoms with Crippen molar-refractivity contribution in [2.45, 2.75) is 18.9 Å². The average molecular weight is 221 g/mol. The van der Waals surface area contributed by atoms with Gasteiger partial charge in [0.25, 0.3) is 0 Å². The van der Waals surface area contributed by atoms with Crippen LogP contribution in [0.5, 0.6) is 0 Å². The lowest BCUT2D eigenvalue weighted by Gasteiger charge is -2.09. The van der Waals surface area contributed by atoms with Gasteiger partial charge in [0.15, 0.2) is 0 Å². The quantitative estimate of drug-likeness (QED) is 0.518. The zero-order chi connectivity index (χ0) is 10.6. The first kappa shape index (κ1) is 11.4. The fourth-order valence-electron chi connectivity index (χ4n) is 1.35. The lowest BCUT2D eigenvalue weighted by molar-refractivity contribution is -0.122. The minimum atomic E-state index is -3.48. The van der Waals surface area contributed by atoms with E-state index in [9.17, 15) is 13.2 Å². The minimum absolute atomic E-state index is 0.0792. The van der Waals surface area contributed by atoms with E-state index < -0.39 is 10.0 Å². The number of amides is 1. The summed E-state index contributed by atoms with van der Waals surface area (Å²) in [4.78, 5) is 11.3. The first-order chi connectivity index (χ1) is 6.49. The molecule has 0 aromatic rings. The average Bonchev–Trinajstić information content (AvgIpc) is 2.53. The van der Waals surface area contributed by atoms with Crippen molar-refractivity contribution >= 4 is 15.9 Å². The first-order valence-corrected chi connectivity index (χ1v) is 6.22. The summed E-state index contributed by atoms with van der Waals surface area (Å²) >= 11 is 0. The van der Waals surface area contributed by atoms with Gasteiger partial charge in [0.1, 0.15) is 0 Å². The lowest BCUT2D eigenvalue weighted by Crippen LogP contribution is -2.42. The molecule has 82 valence electrons. The maximum Gasteiger partial charge on any atom is 0.237 e. The van der Waals surface area contributed by atoms with Gasteiger partial charge in [-0.05, 0) is 19.4 Å². The minimum Gasteiger partial charge on any atom is -0.354 e. The Labute approximate surface area is 83.3 Å². The summed E-state index contributed by atoms with van der Waals surface area (Å²) in [5, 5.41) is 10.3. The van der Waals surface area contributed by atoms with E-state index in [1.54, 1.807) is 0 Å². The van der Waals surface area contributed by atoms with E-state index in [2.05, 4.69) is 10.6 Å². The van der Waals surface area contributed by atoms with Crippen LogP contribution in [-0.4, -0.2) is 39.2 Å². The standard InChI is InChI=1S/C7H15N3O3S/c8-14(12,13)5-4-10-7(11)6-2-1-3-9-6/h6,9H,1-5H2,(H,10,11)(H2,8,12,13)/t6-/m1/s1. The third-order valence-electron chi connectivity index (χ3n) is 2.06. The molecule has 7 heteroatoms. The van der Waals surface area contributed by atoms with Crippen molar-refractivity contribution in [3.05, 3.63) is 0 Å². The van der Waals surface area contributed by atoms with Gasteiger partial charge < -0.3 is 10.6 Å². The molecule has 14 heavy (non-hydrogen) atoms. The van der Waals surface area contributed by atoms with Crippen LogP contribution in [0.1, 0.15) is 12.8 Å². The molecule has 1 aliphatic heterocycles. The highest BCUT2D eigenvalue weighted by Gasteiger charge is 2.21. The summed E-state index contributed by atoms with van der Waals surface area (Å²) in [5.41, 5.74) is 0. The first-order valence-electron chi connectivity index (χ1n) is 4.50. The highest BCUT2D eigenvalue weighted by Crippen LogP contribution is 2.03.